The van der Waals surface area contributed by atoms with E-state index in [2.05, 4.69) is 41.0 Å². The summed E-state index contributed by atoms with van der Waals surface area (Å²) in [5.74, 6) is -0.194. The van der Waals surface area contributed by atoms with E-state index in [1.807, 2.05) is 11.6 Å². The van der Waals surface area contributed by atoms with Gasteiger partial charge in [-0.25, -0.2) is 0 Å². The predicted molar refractivity (Wildman–Crippen MR) is 92.0 cm³/mol. The normalized spacial score (nSPS) is 15.8. The Hall–Kier alpha value is -2.27. The molecule has 0 aliphatic carbocycles. The molecule has 0 atom stereocenters. The van der Waals surface area contributed by atoms with E-state index in [0.29, 0.717) is 0 Å². The first-order valence-electron chi connectivity index (χ1n) is 7.95. The van der Waals surface area contributed by atoms with Crippen molar-refractivity contribution in [1.29, 1.82) is 0 Å². The molecule has 0 bridgehead atoms. The second-order valence-electron chi connectivity index (χ2n) is 6.22. The van der Waals surface area contributed by atoms with Crippen molar-refractivity contribution in [3.63, 3.8) is 0 Å². The van der Waals surface area contributed by atoms with Gasteiger partial charge in [-0.2, -0.15) is 0 Å². The van der Waals surface area contributed by atoms with Crippen LogP contribution in [-0.4, -0.2) is 40.8 Å². The molecule has 0 unspecified atom stereocenters. The van der Waals surface area contributed by atoms with Gasteiger partial charge in [-0.05, 0) is 19.1 Å². The third-order valence-electron chi connectivity index (χ3n) is 4.48. The molecule has 23 heavy (non-hydrogen) atoms. The molecule has 0 amide bonds. The molecule has 1 aromatic carbocycles. The molecule has 0 saturated carbocycles. The summed E-state index contributed by atoms with van der Waals surface area (Å²) < 4.78 is 1.82. The Morgan fingerprint density at radius 2 is 1.74 bits per heavy atom. The summed E-state index contributed by atoms with van der Waals surface area (Å²) in [6.45, 7) is 6.72. The first kappa shape index (κ1) is 15.6. The Bertz CT molecular complexity index is 729. The molecule has 0 radical (unpaired) electrons. The Kier molecular flexibility index (Phi) is 4.39. The summed E-state index contributed by atoms with van der Waals surface area (Å²) >= 11 is 0. The van der Waals surface area contributed by atoms with Crippen molar-refractivity contribution in [3.8, 4) is 5.75 Å². The van der Waals surface area contributed by atoms with E-state index in [4.69, 9.17) is 0 Å². The zero-order chi connectivity index (χ0) is 16.4. The molecule has 1 aromatic heterocycles. The number of rotatable bonds is 3. The van der Waals surface area contributed by atoms with Crippen LogP contribution in [0.25, 0.3) is 0 Å². The summed E-state index contributed by atoms with van der Waals surface area (Å²) in [4.78, 5) is 16.3. The van der Waals surface area contributed by atoms with Crippen LogP contribution in [-0.2, 0) is 13.6 Å². The number of pyridine rings is 1. The van der Waals surface area contributed by atoms with Gasteiger partial charge < -0.3 is 14.6 Å². The molecule has 5 heteroatoms. The van der Waals surface area contributed by atoms with Crippen molar-refractivity contribution >= 4 is 5.69 Å². The summed E-state index contributed by atoms with van der Waals surface area (Å²) in [5, 5.41) is 9.46. The van der Waals surface area contributed by atoms with Crippen molar-refractivity contribution in [1.82, 2.24) is 9.47 Å². The second-order valence-corrected chi connectivity index (χ2v) is 6.22. The lowest BCUT2D eigenvalue weighted by Crippen LogP contribution is -2.46. The number of benzene rings is 1. The second kappa shape index (κ2) is 6.46. The number of aromatic hydroxyl groups is 1. The van der Waals surface area contributed by atoms with Crippen LogP contribution < -0.4 is 10.3 Å². The lowest BCUT2D eigenvalue weighted by atomic mass is 10.2. The number of piperazine rings is 1. The number of hydrogen-bond donors (Lipinski definition) is 1. The minimum atomic E-state index is -0.309. The highest BCUT2D eigenvalue weighted by atomic mass is 16.3. The Balaban J connectivity index is 1.62. The molecule has 5 nitrogen and oxygen atoms in total. The summed E-state index contributed by atoms with van der Waals surface area (Å²) in [6.07, 6.45) is 1.49. The summed E-state index contributed by atoms with van der Waals surface area (Å²) in [6, 6.07) is 10.2. The van der Waals surface area contributed by atoms with Crippen LogP contribution >= 0.6 is 0 Å². The number of aromatic nitrogens is 1. The van der Waals surface area contributed by atoms with Gasteiger partial charge in [-0.1, -0.05) is 17.7 Å². The van der Waals surface area contributed by atoms with E-state index in [1.54, 1.807) is 0 Å². The van der Waals surface area contributed by atoms with Gasteiger partial charge in [-0.15, -0.1) is 0 Å². The first-order valence-corrected chi connectivity index (χ1v) is 7.95. The highest BCUT2D eigenvalue weighted by Crippen LogP contribution is 2.18. The van der Waals surface area contributed by atoms with Gasteiger partial charge in [0.05, 0.1) is 0 Å². The van der Waals surface area contributed by atoms with Crippen LogP contribution in [0.4, 0.5) is 5.69 Å². The number of anilines is 1. The fraction of sp³-hybridized carbons (Fsp3) is 0.389. The summed E-state index contributed by atoms with van der Waals surface area (Å²) in [5.41, 5.74) is 3.17. The van der Waals surface area contributed by atoms with Gasteiger partial charge in [0.2, 0.25) is 5.43 Å². The van der Waals surface area contributed by atoms with Gasteiger partial charge in [0.25, 0.3) is 0 Å². The van der Waals surface area contributed by atoms with Crippen molar-refractivity contribution in [2.45, 2.75) is 13.5 Å². The van der Waals surface area contributed by atoms with Crippen LogP contribution in [0, 0.1) is 6.92 Å². The highest BCUT2D eigenvalue weighted by molar-refractivity contribution is 5.47. The smallest absolute Gasteiger partial charge is 0.223 e. The molecule has 1 aliphatic rings. The van der Waals surface area contributed by atoms with Gasteiger partial charge in [0.15, 0.2) is 5.75 Å². The number of aryl methyl sites for hydroxylation is 2. The molecule has 1 N–H and O–H groups in total. The first-order chi connectivity index (χ1) is 11.0. The topological polar surface area (TPSA) is 48.7 Å². The van der Waals surface area contributed by atoms with Gasteiger partial charge in [0, 0.05) is 63.4 Å². The quantitative estimate of drug-likeness (QED) is 0.937. The fourth-order valence-corrected chi connectivity index (χ4v) is 2.96. The molecule has 1 aliphatic heterocycles. The standard InChI is InChI=1S/C18H23N3O2/c1-14-3-5-15(6-4-14)21-9-7-20(8-10-21)12-16-11-17(22)18(23)13-19(16)2/h3-6,11,13,23H,7-10,12H2,1-2H3. The lowest BCUT2D eigenvalue weighted by molar-refractivity contribution is 0.244. The Morgan fingerprint density at radius 3 is 2.39 bits per heavy atom. The zero-order valence-electron chi connectivity index (χ0n) is 13.7. The number of hydrogen-bond acceptors (Lipinski definition) is 4. The maximum Gasteiger partial charge on any atom is 0.223 e. The number of nitrogens with zero attached hydrogens (tertiary/aromatic N) is 3. The third-order valence-corrected chi connectivity index (χ3v) is 4.48. The molecule has 1 fully saturated rings. The van der Waals surface area contributed by atoms with Crippen molar-refractivity contribution in [3.05, 3.63) is 58.0 Å². The molecule has 0 spiro atoms. The molecular weight excluding hydrogens is 290 g/mol. The van der Waals surface area contributed by atoms with E-state index in [-0.39, 0.29) is 11.2 Å². The van der Waals surface area contributed by atoms with Crippen molar-refractivity contribution in [2.75, 3.05) is 31.1 Å². The molecular formula is C18H23N3O2. The average molecular weight is 313 g/mol. The molecule has 2 heterocycles. The van der Waals surface area contributed by atoms with E-state index in [1.165, 1.54) is 23.5 Å². The van der Waals surface area contributed by atoms with E-state index in [9.17, 15) is 9.90 Å². The van der Waals surface area contributed by atoms with Crippen LogP contribution in [0.5, 0.6) is 5.75 Å². The minimum absolute atomic E-state index is 0.194. The predicted octanol–water partition coefficient (Wildman–Crippen LogP) is 1.72. The SMILES string of the molecule is Cc1ccc(N2CCN(Cc3cc(=O)c(O)cn3C)CC2)cc1. The van der Waals surface area contributed by atoms with Gasteiger partial charge in [0.1, 0.15) is 0 Å². The van der Waals surface area contributed by atoms with E-state index in [0.717, 1.165) is 38.4 Å². The Labute approximate surface area is 136 Å². The monoisotopic (exact) mass is 313 g/mol. The van der Waals surface area contributed by atoms with Crippen LogP contribution in [0.15, 0.2) is 41.3 Å². The van der Waals surface area contributed by atoms with Crippen LogP contribution in [0.1, 0.15) is 11.3 Å². The van der Waals surface area contributed by atoms with Crippen molar-refractivity contribution < 1.29 is 5.11 Å². The Morgan fingerprint density at radius 1 is 1.09 bits per heavy atom. The molecule has 122 valence electrons. The molecule has 3 rings (SSSR count). The van der Waals surface area contributed by atoms with E-state index < -0.39 is 0 Å². The maximum atomic E-state index is 11.6. The lowest BCUT2D eigenvalue weighted by Gasteiger charge is -2.36. The van der Waals surface area contributed by atoms with Crippen LogP contribution in [0.3, 0.4) is 0 Å². The maximum absolute atomic E-state index is 11.6. The highest BCUT2D eigenvalue weighted by Gasteiger charge is 2.18. The van der Waals surface area contributed by atoms with E-state index >= 15 is 0 Å². The third kappa shape index (κ3) is 3.56. The fourth-order valence-electron chi connectivity index (χ4n) is 2.96. The molecule has 2 aromatic rings. The zero-order valence-corrected chi connectivity index (χ0v) is 13.7. The van der Waals surface area contributed by atoms with Gasteiger partial charge in [-0.3, -0.25) is 9.69 Å². The average Bonchev–Trinajstić information content (AvgIpc) is 2.54. The van der Waals surface area contributed by atoms with Crippen molar-refractivity contribution in [2.24, 2.45) is 7.05 Å². The largest absolute Gasteiger partial charge is 0.503 e. The van der Waals surface area contributed by atoms with Gasteiger partial charge >= 0.3 is 0 Å². The minimum Gasteiger partial charge on any atom is -0.503 e. The molecule has 1 saturated heterocycles. The van der Waals surface area contributed by atoms with Crippen LogP contribution in [0.2, 0.25) is 0 Å². The summed E-state index contributed by atoms with van der Waals surface area (Å²) in [7, 11) is 1.86.